The molecule has 0 unspecified atom stereocenters. The van der Waals surface area contributed by atoms with Gasteiger partial charge < -0.3 is 9.80 Å². The second-order valence-corrected chi connectivity index (χ2v) is 9.55. The minimum absolute atomic E-state index is 0.170. The average Bonchev–Trinajstić information content (AvgIpc) is 3.10. The summed E-state index contributed by atoms with van der Waals surface area (Å²) >= 11 is 1.58. The van der Waals surface area contributed by atoms with E-state index < -0.39 is 0 Å². The summed E-state index contributed by atoms with van der Waals surface area (Å²) in [5.74, 6) is 2.04. The number of carbonyl (C=O) groups excluding carboxylic acids is 1. The summed E-state index contributed by atoms with van der Waals surface area (Å²) in [4.78, 5) is 27.8. The molecule has 34 heavy (non-hydrogen) atoms. The van der Waals surface area contributed by atoms with Gasteiger partial charge in [0.25, 0.3) is 0 Å². The number of nitrogens with zero attached hydrogens (tertiary/aromatic N) is 4. The fourth-order valence-corrected chi connectivity index (χ4v) is 5.18. The average molecular weight is 479 g/mol. The molecular formula is C27H31FN4OS. The third kappa shape index (κ3) is 6.14. The molecule has 3 aromatic rings. The lowest BCUT2D eigenvalue weighted by atomic mass is 10.0. The second kappa shape index (κ2) is 11.5. The maximum atomic E-state index is 13.8. The molecule has 0 radical (unpaired) electrons. The first-order valence-electron chi connectivity index (χ1n) is 11.8. The number of amides is 1. The smallest absolute Gasteiger partial charge is 0.232 e. The van der Waals surface area contributed by atoms with Gasteiger partial charge in [0.2, 0.25) is 5.91 Å². The van der Waals surface area contributed by atoms with E-state index >= 15 is 0 Å². The van der Waals surface area contributed by atoms with E-state index in [1.165, 1.54) is 6.07 Å². The third-order valence-corrected chi connectivity index (χ3v) is 7.04. The highest BCUT2D eigenvalue weighted by atomic mass is 32.2. The van der Waals surface area contributed by atoms with Crippen LogP contribution in [0.25, 0.3) is 0 Å². The molecule has 5 nitrogen and oxygen atoms in total. The van der Waals surface area contributed by atoms with Crippen LogP contribution in [0.5, 0.6) is 0 Å². The number of hydrogen-bond acceptors (Lipinski definition) is 5. The zero-order valence-corrected chi connectivity index (χ0v) is 20.7. The number of thioether (sulfide) groups is 1. The molecule has 2 heterocycles. The summed E-state index contributed by atoms with van der Waals surface area (Å²) in [6, 6.07) is 16.8. The lowest BCUT2D eigenvalue weighted by Gasteiger charge is -2.26. The normalized spacial score (nSPS) is 14.2. The predicted octanol–water partition coefficient (Wildman–Crippen LogP) is 4.91. The van der Waals surface area contributed by atoms with Crippen molar-refractivity contribution >= 4 is 23.5 Å². The van der Waals surface area contributed by atoms with Crippen molar-refractivity contribution in [3.63, 3.8) is 0 Å². The standard InChI is InChI=1S/C27H31FN4OS/c1-3-25-24(18-21-9-7-10-22(28)17-21)27(30-20(2)29-25)32-14-8-13-31(15-16-32)26(33)19-34-23-11-5-4-6-12-23/h4-7,9-12,17H,3,8,13-16,18-19H2,1-2H3. The van der Waals surface area contributed by atoms with Crippen LogP contribution in [0.15, 0.2) is 59.5 Å². The number of carbonyl (C=O) groups is 1. The Kier molecular flexibility index (Phi) is 8.16. The first kappa shape index (κ1) is 24.2. The summed E-state index contributed by atoms with van der Waals surface area (Å²) in [5.41, 5.74) is 2.97. The Labute approximate surface area is 205 Å². The molecule has 0 bridgehead atoms. The summed E-state index contributed by atoms with van der Waals surface area (Å²) in [6.45, 7) is 6.96. The Hall–Kier alpha value is -2.93. The van der Waals surface area contributed by atoms with Gasteiger partial charge in [-0.05, 0) is 49.6 Å². The van der Waals surface area contributed by atoms with Gasteiger partial charge in [-0.25, -0.2) is 14.4 Å². The molecule has 2 aromatic carbocycles. The van der Waals surface area contributed by atoms with Gasteiger partial charge in [-0.1, -0.05) is 37.3 Å². The molecule has 1 aliphatic rings. The highest BCUT2D eigenvalue weighted by Crippen LogP contribution is 2.26. The van der Waals surface area contributed by atoms with E-state index in [-0.39, 0.29) is 11.7 Å². The topological polar surface area (TPSA) is 49.3 Å². The van der Waals surface area contributed by atoms with Crippen LogP contribution in [0.4, 0.5) is 10.2 Å². The maximum Gasteiger partial charge on any atom is 0.232 e. The summed E-state index contributed by atoms with van der Waals surface area (Å²) in [7, 11) is 0. The number of benzene rings is 2. The van der Waals surface area contributed by atoms with E-state index in [0.717, 1.165) is 65.8 Å². The summed E-state index contributed by atoms with van der Waals surface area (Å²) in [6.07, 6.45) is 2.26. The number of halogens is 1. The minimum Gasteiger partial charge on any atom is -0.354 e. The molecule has 1 aromatic heterocycles. The Morgan fingerprint density at radius 3 is 2.62 bits per heavy atom. The van der Waals surface area contributed by atoms with E-state index in [2.05, 4.69) is 16.8 Å². The van der Waals surface area contributed by atoms with Gasteiger partial charge in [0.1, 0.15) is 17.5 Å². The molecule has 1 saturated heterocycles. The molecule has 178 valence electrons. The quantitative estimate of drug-likeness (QED) is 0.452. The predicted molar refractivity (Wildman–Crippen MR) is 136 cm³/mol. The van der Waals surface area contributed by atoms with Gasteiger partial charge in [0.15, 0.2) is 0 Å². The molecule has 0 saturated carbocycles. The number of hydrogen-bond donors (Lipinski definition) is 0. The van der Waals surface area contributed by atoms with Crippen LogP contribution in [-0.4, -0.2) is 52.7 Å². The fourth-order valence-electron chi connectivity index (χ4n) is 4.36. The van der Waals surface area contributed by atoms with Gasteiger partial charge >= 0.3 is 0 Å². The summed E-state index contributed by atoms with van der Waals surface area (Å²) < 4.78 is 13.8. The van der Waals surface area contributed by atoms with Gasteiger partial charge in [-0.15, -0.1) is 11.8 Å². The third-order valence-electron chi connectivity index (χ3n) is 6.04. The second-order valence-electron chi connectivity index (χ2n) is 8.50. The van der Waals surface area contributed by atoms with Crippen LogP contribution in [0.2, 0.25) is 0 Å². The van der Waals surface area contributed by atoms with Crippen LogP contribution >= 0.6 is 11.8 Å². The number of anilines is 1. The van der Waals surface area contributed by atoms with Gasteiger partial charge in [-0.2, -0.15) is 0 Å². The van der Waals surface area contributed by atoms with E-state index in [1.54, 1.807) is 23.9 Å². The van der Waals surface area contributed by atoms with Crippen LogP contribution in [0.3, 0.4) is 0 Å². The van der Waals surface area contributed by atoms with Gasteiger partial charge in [0.05, 0.1) is 5.75 Å². The van der Waals surface area contributed by atoms with Crippen molar-refractivity contribution < 1.29 is 9.18 Å². The molecular weight excluding hydrogens is 447 g/mol. The lowest BCUT2D eigenvalue weighted by Crippen LogP contribution is -2.36. The van der Waals surface area contributed by atoms with Crippen molar-refractivity contribution in [2.45, 2.75) is 38.0 Å². The van der Waals surface area contributed by atoms with Crippen LogP contribution in [-0.2, 0) is 17.6 Å². The molecule has 0 N–H and O–H groups in total. The van der Waals surface area contributed by atoms with E-state index in [9.17, 15) is 9.18 Å². The van der Waals surface area contributed by atoms with Gasteiger partial charge in [-0.3, -0.25) is 4.79 Å². The van der Waals surface area contributed by atoms with E-state index in [1.807, 2.05) is 48.2 Å². The van der Waals surface area contributed by atoms with E-state index in [0.29, 0.717) is 18.7 Å². The SMILES string of the molecule is CCc1nc(C)nc(N2CCCN(C(=O)CSc3ccccc3)CC2)c1Cc1cccc(F)c1. The molecule has 1 fully saturated rings. The Balaban J connectivity index is 1.49. The highest BCUT2D eigenvalue weighted by Gasteiger charge is 2.23. The molecule has 4 rings (SSSR count). The zero-order chi connectivity index (χ0) is 23.9. The number of aromatic nitrogens is 2. The molecule has 1 aliphatic heterocycles. The molecule has 7 heteroatoms. The van der Waals surface area contributed by atoms with Crippen molar-refractivity contribution in [2.75, 3.05) is 36.8 Å². The lowest BCUT2D eigenvalue weighted by molar-refractivity contribution is -0.128. The zero-order valence-electron chi connectivity index (χ0n) is 19.8. The number of rotatable bonds is 7. The highest BCUT2D eigenvalue weighted by molar-refractivity contribution is 8.00. The van der Waals surface area contributed by atoms with Crippen molar-refractivity contribution in [3.8, 4) is 0 Å². The molecule has 0 aliphatic carbocycles. The Bertz CT molecular complexity index is 1120. The van der Waals surface area contributed by atoms with Crippen LogP contribution in [0, 0.1) is 12.7 Å². The largest absolute Gasteiger partial charge is 0.354 e. The van der Waals surface area contributed by atoms with Gasteiger partial charge in [0, 0.05) is 48.8 Å². The summed E-state index contributed by atoms with van der Waals surface area (Å²) in [5, 5.41) is 0. The molecule has 0 atom stereocenters. The maximum absolute atomic E-state index is 13.8. The first-order chi connectivity index (χ1) is 16.5. The van der Waals surface area contributed by atoms with Crippen molar-refractivity contribution in [1.29, 1.82) is 0 Å². The van der Waals surface area contributed by atoms with Crippen LogP contribution in [0.1, 0.15) is 36.0 Å². The fraction of sp³-hybridized carbons (Fsp3) is 0.370. The van der Waals surface area contributed by atoms with Crippen LogP contribution < -0.4 is 4.90 Å². The minimum atomic E-state index is -0.234. The Morgan fingerprint density at radius 2 is 1.85 bits per heavy atom. The number of aryl methyl sites for hydroxylation is 2. The van der Waals surface area contributed by atoms with E-state index in [4.69, 9.17) is 4.98 Å². The molecule has 1 amide bonds. The molecule has 0 spiro atoms. The van der Waals surface area contributed by atoms with Crippen molar-refractivity contribution in [2.24, 2.45) is 0 Å². The Morgan fingerprint density at radius 1 is 1.03 bits per heavy atom. The monoisotopic (exact) mass is 478 g/mol. The first-order valence-corrected chi connectivity index (χ1v) is 12.8. The van der Waals surface area contributed by atoms with Crippen molar-refractivity contribution in [3.05, 3.63) is 83.1 Å². The van der Waals surface area contributed by atoms with Crippen molar-refractivity contribution in [1.82, 2.24) is 14.9 Å².